The number of halogens is 1. The van der Waals surface area contributed by atoms with Crippen LogP contribution in [0.4, 0.5) is 10.2 Å². The first-order chi connectivity index (χ1) is 19.5. The fraction of sp³-hybridized carbons (Fsp3) is 0.385. The van der Waals surface area contributed by atoms with Crippen LogP contribution < -0.4 is 15.3 Å². The van der Waals surface area contributed by atoms with E-state index in [1.165, 1.54) is 30.9 Å². The fourth-order valence-corrected chi connectivity index (χ4v) is 6.17. The van der Waals surface area contributed by atoms with Crippen LogP contribution in [0.25, 0.3) is 16.4 Å². The van der Waals surface area contributed by atoms with Gasteiger partial charge in [-0.25, -0.2) is 23.4 Å². The molecule has 0 spiro atoms. The summed E-state index contributed by atoms with van der Waals surface area (Å²) < 4.78 is 53.7. The van der Waals surface area contributed by atoms with Crippen molar-refractivity contribution in [1.82, 2.24) is 24.7 Å². The SMILES string of the molecule is CCOC(=O)C(C)NP(=O)(OCC1OC(c2cnc3c(N)ncnn23)C(C)(F)C1O)Oc1cccc2ccccc12. The highest BCUT2D eigenvalue weighted by Crippen LogP contribution is 2.49. The van der Waals surface area contributed by atoms with Crippen LogP contribution in [-0.4, -0.2) is 67.8 Å². The standard InChI is InChI=1S/C26H30FN6O7P/c1-4-37-25(35)15(2)32-41(36,40-19-11-7-9-16-8-5-6-10-17(16)19)38-13-20-21(34)26(3,27)22(39-20)18-12-29-24-23(28)30-14-31-33(18)24/h5-12,14-15,20-22,34H,4,13H2,1-3H3,(H,32,36)(H2,28,30,31). The number of nitrogen functional groups attached to an aromatic ring is 1. The first-order valence-corrected chi connectivity index (χ1v) is 14.4. The van der Waals surface area contributed by atoms with Crippen LogP contribution in [0, 0.1) is 0 Å². The van der Waals surface area contributed by atoms with Gasteiger partial charge in [0.2, 0.25) is 0 Å². The molecule has 1 aliphatic heterocycles. The van der Waals surface area contributed by atoms with Crippen molar-refractivity contribution >= 4 is 36.0 Å². The van der Waals surface area contributed by atoms with E-state index in [4.69, 9.17) is 24.3 Å². The van der Waals surface area contributed by atoms with Gasteiger partial charge in [-0.05, 0) is 32.2 Å². The lowest BCUT2D eigenvalue weighted by Crippen LogP contribution is -2.40. The number of benzene rings is 2. The Bertz CT molecular complexity index is 1610. The molecule has 6 unspecified atom stereocenters. The zero-order chi connectivity index (χ0) is 29.4. The molecular weight excluding hydrogens is 558 g/mol. The minimum atomic E-state index is -4.34. The minimum Gasteiger partial charge on any atom is -0.465 e. The maximum Gasteiger partial charge on any atom is 0.459 e. The summed E-state index contributed by atoms with van der Waals surface area (Å²) in [4.78, 5) is 20.3. The Morgan fingerprint density at radius 1 is 1.29 bits per heavy atom. The lowest BCUT2D eigenvalue weighted by Gasteiger charge is -2.25. The van der Waals surface area contributed by atoms with Crippen molar-refractivity contribution < 1.29 is 37.4 Å². The Kier molecular flexibility index (Phi) is 7.95. The number of imidazole rings is 1. The molecule has 6 atom stereocenters. The van der Waals surface area contributed by atoms with Gasteiger partial charge in [-0.3, -0.25) is 9.32 Å². The van der Waals surface area contributed by atoms with Crippen LogP contribution in [0.2, 0.25) is 0 Å². The second-order valence-corrected chi connectivity index (χ2v) is 11.4. The summed E-state index contributed by atoms with van der Waals surface area (Å²) in [5, 5.41) is 19.0. The van der Waals surface area contributed by atoms with Crippen molar-refractivity contribution in [3.63, 3.8) is 0 Å². The van der Waals surface area contributed by atoms with E-state index in [-0.39, 0.29) is 29.5 Å². The van der Waals surface area contributed by atoms with E-state index in [9.17, 15) is 14.5 Å². The van der Waals surface area contributed by atoms with Crippen molar-refractivity contribution in [2.24, 2.45) is 0 Å². The van der Waals surface area contributed by atoms with Crippen molar-refractivity contribution in [1.29, 1.82) is 0 Å². The van der Waals surface area contributed by atoms with E-state index in [2.05, 4.69) is 20.2 Å². The summed E-state index contributed by atoms with van der Waals surface area (Å²) in [5.41, 5.74) is 3.90. The van der Waals surface area contributed by atoms with Gasteiger partial charge in [0.25, 0.3) is 0 Å². The number of nitrogens with two attached hydrogens (primary N) is 1. The number of esters is 1. The average Bonchev–Trinajstić information content (AvgIpc) is 3.47. The number of hydrogen-bond acceptors (Lipinski definition) is 11. The number of aromatic nitrogens is 4. The zero-order valence-electron chi connectivity index (χ0n) is 22.5. The number of alkyl halides is 1. The molecule has 41 heavy (non-hydrogen) atoms. The number of nitrogens with zero attached hydrogens (tertiary/aromatic N) is 4. The van der Waals surface area contributed by atoms with E-state index in [0.29, 0.717) is 5.39 Å². The molecule has 5 rings (SSSR count). The highest BCUT2D eigenvalue weighted by Gasteiger charge is 2.56. The molecule has 1 fully saturated rings. The number of nitrogens with one attached hydrogen (secondary N) is 1. The maximum atomic E-state index is 15.9. The number of anilines is 1. The molecule has 0 bridgehead atoms. The molecule has 13 nitrogen and oxygen atoms in total. The molecule has 2 aromatic heterocycles. The third kappa shape index (κ3) is 5.61. The van der Waals surface area contributed by atoms with Gasteiger partial charge in [0.1, 0.15) is 36.4 Å². The summed E-state index contributed by atoms with van der Waals surface area (Å²) in [6, 6.07) is 11.3. The third-order valence-corrected chi connectivity index (χ3v) is 8.38. The second kappa shape index (κ2) is 11.3. The number of carbonyl (C=O) groups is 1. The number of aliphatic hydroxyl groups is 1. The van der Waals surface area contributed by atoms with E-state index in [0.717, 1.165) is 5.39 Å². The molecule has 3 heterocycles. The Labute approximate surface area is 234 Å². The van der Waals surface area contributed by atoms with E-state index in [1.54, 1.807) is 31.2 Å². The summed E-state index contributed by atoms with van der Waals surface area (Å²) in [7, 11) is -4.34. The largest absolute Gasteiger partial charge is 0.465 e. The quantitative estimate of drug-likeness (QED) is 0.183. The lowest BCUT2D eigenvalue weighted by atomic mass is 9.93. The highest BCUT2D eigenvalue weighted by atomic mass is 31.2. The molecular formula is C26H30FN6O7P. The number of rotatable bonds is 10. The molecule has 0 aliphatic carbocycles. The summed E-state index contributed by atoms with van der Waals surface area (Å²) in [6.07, 6.45) is -1.81. The zero-order valence-corrected chi connectivity index (χ0v) is 23.4. The molecule has 218 valence electrons. The Morgan fingerprint density at radius 2 is 2.05 bits per heavy atom. The topological polar surface area (TPSA) is 172 Å². The smallest absolute Gasteiger partial charge is 0.459 e. The summed E-state index contributed by atoms with van der Waals surface area (Å²) >= 11 is 0. The van der Waals surface area contributed by atoms with Crippen molar-refractivity contribution in [2.45, 2.75) is 50.8 Å². The Balaban J connectivity index is 1.40. The van der Waals surface area contributed by atoms with Crippen molar-refractivity contribution in [3.05, 3.63) is 60.7 Å². The highest BCUT2D eigenvalue weighted by molar-refractivity contribution is 7.52. The second-order valence-electron chi connectivity index (χ2n) is 9.68. The van der Waals surface area contributed by atoms with Crippen LogP contribution >= 0.6 is 7.75 Å². The lowest BCUT2D eigenvalue weighted by molar-refractivity contribution is -0.144. The molecule has 1 aliphatic rings. The Morgan fingerprint density at radius 3 is 2.83 bits per heavy atom. The van der Waals surface area contributed by atoms with Gasteiger partial charge in [0, 0.05) is 5.39 Å². The third-order valence-electron chi connectivity index (χ3n) is 6.75. The molecule has 0 amide bonds. The first-order valence-electron chi connectivity index (χ1n) is 12.9. The first kappa shape index (κ1) is 28.8. The number of hydrogen-bond donors (Lipinski definition) is 3. The predicted octanol–water partition coefficient (Wildman–Crippen LogP) is 3.13. The maximum absolute atomic E-state index is 15.9. The minimum absolute atomic E-state index is 0.0820. The predicted molar refractivity (Wildman–Crippen MR) is 146 cm³/mol. The van der Waals surface area contributed by atoms with Gasteiger partial charge < -0.3 is 24.8 Å². The molecule has 0 radical (unpaired) electrons. The van der Waals surface area contributed by atoms with Crippen LogP contribution in [-0.2, 0) is 23.4 Å². The van der Waals surface area contributed by atoms with E-state index in [1.807, 2.05) is 18.2 Å². The molecule has 4 aromatic rings. The van der Waals surface area contributed by atoms with Crippen LogP contribution in [0.5, 0.6) is 5.75 Å². The average molecular weight is 589 g/mol. The molecule has 4 N–H and O–H groups in total. The molecule has 1 saturated heterocycles. The monoisotopic (exact) mass is 588 g/mol. The number of carbonyl (C=O) groups excluding carboxylic acids is 1. The normalized spacial score (nSPS) is 24.8. The molecule has 2 aromatic carbocycles. The number of fused-ring (bicyclic) bond motifs is 2. The van der Waals surface area contributed by atoms with Gasteiger partial charge in [-0.2, -0.15) is 10.2 Å². The Hall–Kier alpha value is -3.68. The van der Waals surface area contributed by atoms with Gasteiger partial charge in [-0.15, -0.1) is 0 Å². The molecule has 0 saturated carbocycles. The number of aliphatic hydroxyl groups excluding tert-OH is 1. The van der Waals surface area contributed by atoms with Crippen LogP contribution in [0.1, 0.15) is 32.6 Å². The van der Waals surface area contributed by atoms with E-state index >= 15 is 4.39 Å². The van der Waals surface area contributed by atoms with Gasteiger partial charge >= 0.3 is 13.7 Å². The number of ether oxygens (including phenoxy) is 2. The van der Waals surface area contributed by atoms with Crippen LogP contribution in [0.3, 0.4) is 0 Å². The van der Waals surface area contributed by atoms with Crippen molar-refractivity contribution in [3.8, 4) is 5.75 Å². The van der Waals surface area contributed by atoms with Gasteiger partial charge in [0.05, 0.1) is 25.1 Å². The van der Waals surface area contributed by atoms with E-state index < -0.39 is 50.3 Å². The van der Waals surface area contributed by atoms with Crippen molar-refractivity contribution in [2.75, 3.05) is 18.9 Å². The van der Waals surface area contributed by atoms with Crippen LogP contribution in [0.15, 0.2) is 55.0 Å². The molecule has 15 heteroatoms. The fourth-order valence-electron chi connectivity index (χ4n) is 4.64. The van der Waals surface area contributed by atoms with Gasteiger partial charge in [0.15, 0.2) is 17.1 Å². The summed E-state index contributed by atoms with van der Waals surface area (Å²) in [5.74, 6) is -0.377. The summed E-state index contributed by atoms with van der Waals surface area (Å²) in [6.45, 7) is 3.79. The van der Waals surface area contributed by atoms with Gasteiger partial charge in [-0.1, -0.05) is 36.4 Å².